The number of urea groups is 4. The fourth-order valence-corrected chi connectivity index (χ4v) is 14.2. The van der Waals surface area contributed by atoms with Crippen molar-refractivity contribution >= 4 is 80.6 Å². The normalized spacial score (nSPS) is 14.7. The first-order valence-electron chi connectivity index (χ1n) is 38.0. The lowest BCUT2D eigenvalue weighted by Gasteiger charge is -2.39. The van der Waals surface area contributed by atoms with Gasteiger partial charge in [-0.05, 0) is 205 Å². The van der Waals surface area contributed by atoms with Crippen LogP contribution in [0.1, 0.15) is 133 Å². The number of esters is 1. The van der Waals surface area contributed by atoms with E-state index in [0.717, 1.165) is 157 Å². The number of carbonyl (C=O) groups is 7. The van der Waals surface area contributed by atoms with Gasteiger partial charge in [0, 0.05) is 129 Å². The van der Waals surface area contributed by atoms with E-state index < -0.39 is 0 Å². The fraction of sp³-hybridized carbons (Fsp3) is 0.400. The number of furan rings is 4. The lowest BCUT2D eigenvalue weighted by Crippen LogP contribution is -2.49. The monoisotopic (exact) mass is 1570 g/mol. The third-order valence-electron chi connectivity index (χ3n) is 20.1. The van der Waals surface area contributed by atoms with E-state index in [1.807, 2.05) is 173 Å². The van der Waals surface area contributed by atoms with Gasteiger partial charge in [-0.2, -0.15) is 0 Å². The van der Waals surface area contributed by atoms with Gasteiger partial charge in [0.2, 0.25) is 11.8 Å². The highest BCUT2D eigenvalue weighted by molar-refractivity contribution is 9.10. The Balaban J connectivity index is 0.000000169. The molecule has 0 bridgehead atoms. The zero-order valence-corrected chi connectivity index (χ0v) is 66.1. The lowest BCUT2D eigenvalue weighted by atomic mass is 10.0. The molecule has 110 heavy (non-hydrogen) atoms. The molecule has 4 aliphatic rings. The Bertz CT molecular complexity index is 4200. The Morgan fingerprint density at radius 3 is 1.13 bits per heavy atom. The quantitative estimate of drug-likeness (QED) is 0.0461. The molecule has 10 amide bonds. The van der Waals surface area contributed by atoms with Crippen LogP contribution in [0.4, 0.5) is 41.9 Å². The van der Waals surface area contributed by atoms with Gasteiger partial charge in [-0.25, -0.2) is 19.2 Å². The number of nitrogens with one attached hydrogen (secondary N) is 4. The molecule has 24 nitrogen and oxygen atoms in total. The molecule has 4 aliphatic heterocycles. The molecule has 8 aromatic rings. The second kappa shape index (κ2) is 42.1. The van der Waals surface area contributed by atoms with Crippen molar-refractivity contribution in [3.63, 3.8) is 0 Å². The Hall–Kier alpha value is -11.0. The lowest BCUT2D eigenvalue weighted by molar-refractivity contribution is -0.142. The van der Waals surface area contributed by atoms with Gasteiger partial charge < -0.3 is 82.9 Å². The molecule has 8 heterocycles. The number of halogens is 1. The SMILES string of the molecule is C=C(C)N1CCC(N(Cc2ccco2)C(=O)Nc2ccc(CC(=O)OCC)cc2)CC1.C=C(C)N1CCC(N(Cc2ccco2)C(=O)Nc2ccccc2CC)CC1.CC(=O)N1CCC(N(Cc2ccco2)C(=O)Nc2ccc(Br)cc2)CC1.CC(=O)N1CCC(N(Cc2ccco2)C(=O)Nc2cccc(C)c2)CC1. The molecular formula is C85H107BrN12O12. The van der Waals surface area contributed by atoms with Crippen LogP contribution in [0.2, 0.25) is 0 Å². The fourth-order valence-electron chi connectivity index (χ4n) is 13.9. The number of hydrogen-bond acceptors (Lipinski definition) is 14. The topological polar surface area (TPSA) is 255 Å². The number of benzene rings is 4. The molecule has 0 aliphatic carbocycles. The number of rotatable bonds is 22. The number of allylic oxidation sites excluding steroid dienone is 2. The van der Waals surface area contributed by atoms with Crippen LogP contribution in [0, 0.1) is 6.92 Å². The molecule has 12 rings (SSSR count). The predicted octanol–water partition coefficient (Wildman–Crippen LogP) is 17.0. The number of likely N-dealkylation sites (tertiary alicyclic amines) is 4. The van der Waals surface area contributed by atoms with Crippen LogP contribution in [-0.2, 0) is 58.1 Å². The van der Waals surface area contributed by atoms with Crippen molar-refractivity contribution in [2.45, 2.75) is 163 Å². The van der Waals surface area contributed by atoms with Gasteiger partial charge in [0.05, 0.1) is 64.3 Å². The summed E-state index contributed by atoms with van der Waals surface area (Å²) in [5, 5.41) is 12.1. The van der Waals surface area contributed by atoms with Gasteiger partial charge in [0.15, 0.2) is 0 Å². The molecule has 0 radical (unpaired) electrons. The summed E-state index contributed by atoms with van der Waals surface area (Å²) in [4.78, 5) is 103. The number of aryl methyl sites for hydroxylation is 2. The maximum Gasteiger partial charge on any atom is 0.322 e. The smallest absolute Gasteiger partial charge is 0.322 e. The van der Waals surface area contributed by atoms with Crippen molar-refractivity contribution in [1.82, 2.24) is 39.2 Å². The van der Waals surface area contributed by atoms with E-state index in [-0.39, 0.29) is 72.5 Å². The first kappa shape index (κ1) is 83.1. The molecule has 0 atom stereocenters. The largest absolute Gasteiger partial charge is 0.467 e. The van der Waals surface area contributed by atoms with Gasteiger partial charge in [-0.15, -0.1) is 0 Å². The summed E-state index contributed by atoms with van der Waals surface area (Å²) >= 11 is 3.39. The van der Waals surface area contributed by atoms with E-state index in [1.54, 1.807) is 62.9 Å². The number of anilines is 4. The number of ether oxygens (including phenoxy) is 1. The maximum atomic E-state index is 13.2. The van der Waals surface area contributed by atoms with E-state index in [1.165, 1.54) is 0 Å². The second-order valence-corrected chi connectivity index (χ2v) is 28.9. The highest BCUT2D eigenvalue weighted by Crippen LogP contribution is 2.29. The molecule has 4 aromatic heterocycles. The van der Waals surface area contributed by atoms with Crippen molar-refractivity contribution in [2.75, 3.05) is 80.2 Å². The molecule has 586 valence electrons. The van der Waals surface area contributed by atoms with Gasteiger partial charge >= 0.3 is 30.1 Å². The van der Waals surface area contributed by atoms with Gasteiger partial charge in [0.1, 0.15) is 23.0 Å². The predicted molar refractivity (Wildman–Crippen MR) is 430 cm³/mol. The molecule has 25 heteroatoms. The van der Waals surface area contributed by atoms with Crippen LogP contribution in [0.3, 0.4) is 0 Å². The van der Waals surface area contributed by atoms with Gasteiger partial charge in [-0.3, -0.25) is 14.4 Å². The summed E-state index contributed by atoms with van der Waals surface area (Å²) in [5.41, 5.74) is 8.31. The van der Waals surface area contributed by atoms with Crippen LogP contribution in [0.25, 0.3) is 0 Å². The number of carbonyl (C=O) groups excluding carboxylic acids is 7. The number of piperidine rings is 4. The number of amides is 10. The summed E-state index contributed by atoms with van der Waals surface area (Å²) < 4.78 is 27.8. The van der Waals surface area contributed by atoms with E-state index in [0.29, 0.717) is 64.7 Å². The minimum atomic E-state index is -0.259. The van der Waals surface area contributed by atoms with Crippen molar-refractivity contribution in [3.05, 3.63) is 239 Å². The van der Waals surface area contributed by atoms with E-state index in [2.05, 4.69) is 73.1 Å². The standard InChI is InChI=1S/C24H31N3O4.C22H29N3O2.C20H25N3O3.C19H22BrN3O3/c1-4-30-23(28)16-19-7-9-20(10-8-19)25-24(29)27(17-22-6-5-15-31-22)21-11-13-26(14-12-21)18(2)3;1-4-18-8-5-6-10-21(18)23-22(26)25(16-20-9-7-15-27-20)19-11-13-24(14-12-19)17(2)3;1-15-5-3-6-17(13-15)21-20(25)23(14-19-7-4-12-26-19)18-8-10-22(11-9-18)16(2)24;1-14(24)22-10-8-17(9-11-22)23(13-18-3-2-12-26-18)19(25)21-16-6-4-15(20)5-7-16/h5-10,15,21H,2,4,11-14,16-17H2,1,3H3,(H,25,29);5-10,15,19H,2,4,11-14,16H2,1,3H3,(H,23,26);3-7,12-13,18H,8-11,14H2,1-2H3,(H,21,25);2-7,12,17H,8-11,13H2,1H3,(H,21,25). The van der Waals surface area contributed by atoms with E-state index in [9.17, 15) is 33.6 Å². The molecule has 0 saturated carbocycles. The molecule has 0 spiro atoms. The van der Waals surface area contributed by atoms with Gasteiger partial charge in [-0.1, -0.05) is 78.5 Å². The summed E-state index contributed by atoms with van der Waals surface area (Å²) in [5.74, 6) is 2.96. The number of nitrogens with zero attached hydrogens (tertiary/aromatic N) is 8. The minimum absolute atomic E-state index is 0.0612. The zero-order valence-electron chi connectivity index (χ0n) is 64.5. The van der Waals surface area contributed by atoms with Gasteiger partial charge in [0.25, 0.3) is 0 Å². The van der Waals surface area contributed by atoms with Crippen LogP contribution in [0.15, 0.2) is 217 Å². The van der Waals surface area contributed by atoms with E-state index >= 15 is 0 Å². The molecule has 0 unspecified atom stereocenters. The van der Waals surface area contributed by atoms with Crippen LogP contribution in [0.5, 0.6) is 0 Å². The van der Waals surface area contributed by atoms with Crippen LogP contribution >= 0.6 is 15.9 Å². The second-order valence-electron chi connectivity index (χ2n) is 28.0. The Labute approximate surface area is 654 Å². The van der Waals surface area contributed by atoms with Crippen molar-refractivity contribution in [3.8, 4) is 0 Å². The first-order valence-corrected chi connectivity index (χ1v) is 38.8. The molecule has 4 N–H and O–H groups in total. The summed E-state index contributed by atoms with van der Waals surface area (Å²) in [6, 6.07) is 45.2. The average Bonchev–Trinajstić information content (AvgIpc) is 1.29. The third-order valence-corrected chi connectivity index (χ3v) is 20.7. The Morgan fingerprint density at radius 1 is 0.436 bits per heavy atom. The van der Waals surface area contributed by atoms with Crippen LogP contribution < -0.4 is 21.3 Å². The maximum absolute atomic E-state index is 13.2. The molecular weight excluding hydrogens is 1460 g/mol. The Kier molecular flexibility index (Phi) is 31.8. The van der Waals surface area contributed by atoms with Crippen molar-refractivity contribution in [1.29, 1.82) is 0 Å². The average molecular weight is 1570 g/mol. The van der Waals surface area contributed by atoms with E-state index in [4.69, 9.17) is 22.4 Å². The van der Waals surface area contributed by atoms with Crippen molar-refractivity contribution < 1.29 is 56.0 Å². The Morgan fingerprint density at radius 2 is 0.791 bits per heavy atom. The summed E-state index contributed by atoms with van der Waals surface area (Å²) in [7, 11) is 0. The summed E-state index contributed by atoms with van der Waals surface area (Å²) in [6.07, 6.45) is 14.2. The minimum Gasteiger partial charge on any atom is -0.467 e. The molecule has 4 fully saturated rings. The molecule has 4 saturated heterocycles. The molecule has 4 aromatic carbocycles. The van der Waals surface area contributed by atoms with Crippen LogP contribution in [-0.4, -0.2) is 164 Å². The summed E-state index contributed by atoms with van der Waals surface area (Å²) in [6.45, 7) is 29.5. The first-order chi connectivity index (χ1) is 53.1. The highest BCUT2D eigenvalue weighted by atomic mass is 79.9. The zero-order chi connectivity index (χ0) is 78.5. The number of hydrogen-bond donors (Lipinski definition) is 4. The highest BCUT2D eigenvalue weighted by Gasteiger charge is 2.34. The third kappa shape index (κ3) is 25.6. The van der Waals surface area contributed by atoms with Crippen molar-refractivity contribution in [2.24, 2.45) is 0 Å². The number of para-hydroxylation sites is 1.